The molecule has 0 amide bonds. The molecule has 1 aromatic rings. The van der Waals surface area contributed by atoms with Gasteiger partial charge in [0.25, 0.3) is 0 Å². The lowest BCUT2D eigenvalue weighted by Gasteiger charge is -2.25. The number of ether oxygens (including phenoxy) is 1. The van der Waals surface area contributed by atoms with Crippen LogP contribution in [0.3, 0.4) is 0 Å². The third kappa shape index (κ3) is 1.73. The Morgan fingerprint density at radius 2 is 1.88 bits per heavy atom. The molecule has 1 aliphatic carbocycles. The van der Waals surface area contributed by atoms with Crippen LogP contribution in [0.1, 0.15) is 30.9 Å². The van der Waals surface area contributed by atoms with Crippen LogP contribution in [0.4, 0.5) is 0 Å². The monoisotopic (exact) mass is 218 g/mol. The maximum atomic E-state index is 12.0. The smallest absolute Gasteiger partial charge is 0.312 e. The highest BCUT2D eigenvalue weighted by atomic mass is 16.5. The zero-order chi connectivity index (χ0) is 11.6. The number of carbonyl (C=O) groups excluding carboxylic acids is 1. The van der Waals surface area contributed by atoms with Crippen molar-refractivity contribution in [3.8, 4) is 0 Å². The Labute approximate surface area is 96.6 Å². The quantitative estimate of drug-likeness (QED) is 0.729. The molecule has 0 atom stereocenters. The molecule has 0 fully saturated rings. The van der Waals surface area contributed by atoms with Gasteiger partial charge in [0, 0.05) is 0 Å². The molecule has 2 nitrogen and oxygen atoms in total. The molecule has 0 spiro atoms. The van der Waals surface area contributed by atoms with Gasteiger partial charge in [0.2, 0.25) is 0 Å². The molecule has 1 aliphatic rings. The van der Waals surface area contributed by atoms with Crippen LogP contribution >= 0.6 is 0 Å². The molecule has 0 heterocycles. The maximum Gasteiger partial charge on any atom is 0.312 e. The van der Waals surface area contributed by atoms with Crippen LogP contribution in [0, 0.1) is 5.41 Å². The number of hydrogen-bond donors (Lipinski definition) is 0. The summed E-state index contributed by atoms with van der Waals surface area (Å²) in [4.78, 5) is 12.0. The van der Waals surface area contributed by atoms with E-state index in [2.05, 4.69) is 19.1 Å². The van der Waals surface area contributed by atoms with Gasteiger partial charge in [0.1, 0.15) is 0 Å². The number of hydrogen-bond acceptors (Lipinski definition) is 2. The average Bonchev–Trinajstić information content (AvgIpc) is 2.67. The summed E-state index contributed by atoms with van der Waals surface area (Å²) < 4.78 is 4.98. The molecule has 2 rings (SSSR count). The topological polar surface area (TPSA) is 26.3 Å². The van der Waals surface area contributed by atoms with Crippen molar-refractivity contribution in [3.63, 3.8) is 0 Å². The molecule has 16 heavy (non-hydrogen) atoms. The number of benzene rings is 1. The Kier molecular flexibility index (Phi) is 2.99. The molecular weight excluding hydrogens is 200 g/mol. The van der Waals surface area contributed by atoms with Crippen LogP contribution in [0.5, 0.6) is 0 Å². The number of esters is 1. The highest BCUT2D eigenvalue weighted by Gasteiger charge is 2.43. The lowest BCUT2D eigenvalue weighted by Crippen LogP contribution is -2.33. The number of rotatable bonds is 3. The molecule has 0 aliphatic heterocycles. The van der Waals surface area contributed by atoms with E-state index in [1.165, 1.54) is 18.2 Å². The zero-order valence-corrected chi connectivity index (χ0v) is 9.95. The second kappa shape index (κ2) is 4.28. The molecule has 0 saturated carbocycles. The molecule has 0 bridgehead atoms. The molecule has 0 unspecified atom stereocenters. The highest BCUT2D eigenvalue weighted by Crippen LogP contribution is 2.41. The largest absolute Gasteiger partial charge is 0.469 e. The van der Waals surface area contributed by atoms with E-state index in [1.807, 2.05) is 12.1 Å². The highest BCUT2D eigenvalue weighted by molar-refractivity contribution is 5.79. The number of fused-ring (bicyclic) bond motifs is 1. The second-order valence-corrected chi connectivity index (χ2v) is 4.64. The Morgan fingerprint density at radius 1 is 1.31 bits per heavy atom. The van der Waals surface area contributed by atoms with E-state index >= 15 is 0 Å². The second-order valence-electron chi connectivity index (χ2n) is 4.64. The van der Waals surface area contributed by atoms with E-state index in [1.54, 1.807) is 0 Å². The summed E-state index contributed by atoms with van der Waals surface area (Å²) in [5.41, 5.74) is 2.32. The van der Waals surface area contributed by atoms with Crippen LogP contribution in [-0.2, 0) is 22.4 Å². The number of methoxy groups -OCH3 is 1. The summed E-state index contributed by atoms with van der Waals surface area (Å²) in [6.45, 7) is 2.12. The molecular formula is C14H18O2. The van der Waals surface area contributed by atoms with Gasteiger partial charge in [-0.15, -0.1) is 0 Å². The van der Waals surface area contributed by atoms with Crippen molar-refractivity contribution in [2.45, 2.75) is 32.6 Å². The summed E-state index contributed by atoms with van der Waals surface area (Å²) >= 11 is 0. The molecule has 0 radical (unpaired) electrons. The fourth-order valence-electron chi connectivity index (χ4n) is 2.81. The summed E-state index contributed by atoms with van der Waals surface area (Å²) in [7, 11) is 1.49. The van der Waals surface area contributed by atoms with Gasteiger partial charge in [-0.25, -0.2) is 0 Å². The van der Waals surface area contributed by atoms with Crippen molar-refractivity contribution in [2.24, 2.45) is 5.41 Å². The van der Waals surface area contributed by atoms with E-state index in [0.717, 1.165) is 25.7 Å². The van der Waals surface area contributed by atoms with Gasteiger partial charge >= 0.3 is 5.97 Å². The van der Waals surface area contributed by atoms with Gasteiger partial charge in [0.05, 0.1) is 12.5 Å². The minimum atomic E-state index is -0.298. The SMILES string of the molecule is CCCC1(C(=O)OC)Cc2ccccc2C1. The summed E-state index contributed by atoms with van der Waals surface area (Å²) in [5.74, 6) is -0.0504. The third-order valence-corrected chi connectivity index (χ3v) is 3.52. The molecule has 1 aromatic carbocycles. The van der Waals surface area contributed by atoms with Crippen molar-refractivity contribution < 1.29 is 9.53 Å². The van der Waals surface area contributed by atoms with Crippen LogP contribution < -0.4 is 0 Å². The fourth-order valence-corrected chi connectivity index (χ4v) is 2.81. The van der Waals surface area contributed by atoms with Crippen LogP contribution in [-0.4, -0.2) is 13.1 Å². The first-order chi connectivity index (χ1) is 7.72. The first kappa shape index (κ1) is 11.2. The van der Waals surface area contributed by atoms with Gasteiger partial charge in [-0.2, -0.15) is 0 Å². The van der Waals surface area contributed by atoms with Crippen molar-refractivity contribution in [1.82, 2.24) is 0 Å². The van der Waals surface area contributed by atoms with E-state index < -0.39 is 0 Å². The molecule has 0 saturated heterocycles. The van der Waals surface area contributed by atoms with Gasteiger partial charge in [-0.1, -0.05) is 37.6 Å². The van der Waals surface area contributed by atoms with Crippen molar-refractivity contribution in [1.29, 1.82) is 0 Å². The fraction of sp³-hybridized carbons (Fsp3) is 0.500. The van der Waals surface area contributed by atoms with Gasteiger partial charge < -0.3 is 4.74 Å². The summed E-state index contributed by atoms with van der Waals surface area (Å²) in [6.07, 6.45) is 3.60. The Morgan fingerprint density at radius 3 is 2.31 bits per heavy atom. The normalized spacial score (nSPS) is 16.9. The first-order valence-electron chi connectivity index (χ1n) is 5.87. The molecule has 0 aromatic heterocycles. The number of carbonyl (C=O) groups is 1. The zero-order valence-electron chi connectivity index (χ0n) is 9.95. The standard InChI is InChI=1S/C14H18O2/c1-3-8-14(13(15)16-2)9-11-6-4-5-7-12(11)10-14/h4-7H,3,8-10H2,1-2H3. The van der Waals surface area contributed by atoms with Crippen LogP contribution in [0.25, 0.3) is 0 Å². The van der Waals surface area contributed by atoms with Gasteiger partial charge in [-0.05, 0) is 30.4 Å². The predicted molar refractivity (Wildman–Crippen MR) is 63.2 cm³/mol. The average molecular weight is 218 g/mol. The van der Waals surface area contributed by atoms with Gasteiger partial charge in [-0.3, -0.25) is 4.79 Å². The lowest BCUT2D eigenvalue weighted by molar-refractivity contribution is -0.152. The Hall–Kier alpha value is -1.31. The summed E-state index contributed by atoms with van der Waals surface area (Å²) in [6, 6.07) is 8.32. The van der Waals surface area contributed by atoms with Crippen molar-refractivity contribution in [3.05, 3.63) is 35.4 Å². The molecule has 0 N–H and O–H groups in total. The minimum absolute atomic E-state index is 0.0504. The minimum Gasteiger partial charge on any atom is -0.469 e. The third-order valence-electron chi connectivity index (χ3n) is 3.52. The summed E-state index contributed by atoms with van der Waals surface area (Å²) in [5, 5.41) is 0. The molecule has 2 heteroatoms. The first-order valence-corrected chi connectivity index (χ1v) is 5.87. The van der Waals surface area contributed by atoms with Crippen molar-refractivity contribution >= 4 is 5.97 Å². The van der Waals surface area contributed by atoms with Crippen molar-refractivity contribution in [2.75, 3.05) is 7.11 Å². The van der Waals surface area contributed by atoms with Crippen LogP contribution in [0.15, 0.2) is 24.3 Å². The maximum absolute atomic E-state index is 12.0. The van der Waals surface area contributed by atoms with E-state index in [0.29, 0.717) is 0 Å². The Balaban J connectivity index is 2.30. The molecule has 86 valence electrons. The predicted octanol–water partition coefficient (Wildman–Crippen LogP) is 2.74. The van der Waals surface area contributed by atoms with E-state index in [-0.39, 0.29) is 11.4 Å². The van der Waals surface area contributed by atoms with E-state index in [9.17, 15) is 4.79 Å². The lowest BCUT2D eigenvalue weighted by atomic mass is 9.80. The van der Waals surface area contributed by atoms with Crippen LogP contribution in [0.2, 0.25) is 0 Å². The Bertz CT molecular complexity index is 370. The van der Waals surface area contributed by atoms with E-state index in [4.69, 9.17) is 4.74 Å². The van der Waals surface area contributed by atoms with Gasteiger partial charge in [0.15, 0.2) is 0 Å².